The first-order valence-electron chi connectivity index (χ1n) is 7.38. The maximum absolute atomic E-state index is 12.2. The molecule has 4 heteroatoms. The van der Waals surface area contributed by atoms with Crippen LogP contribution < -0.4 is 5.32 Å². The van der Waals surface area contributed by atoms with Crippen LogP contribution in [0, 0.1) is 6.92 Å². The summed E-state index contributed by atoms with van der Waals surface area (Å²) in [6.45, 7) is 9.54. The van der Waals surface area contributed by atoms with Crippen LogP contribution in [-0.4, -0.2) is 43.1 Å². The Morgan fingerprint density at radius 1 is 1.33 bits per heavy atom. The minimum Gasteiger partial charge on any atom is -0.507 e. The van der Waals surface area contributed by atoms with E-state index in [1.54, 1.807) is 4.90 Å². The van der Waals surface area contributed by atoms with E-state index in [-0.39, 0.29) is 11.3 Å². The first-order chi connectivity index (χ1) is 9.66. The van der Waals surface area contributed by atoms with Crippen molar-refractivity contribution < 1.29 is 9.90 Å². The van der Waals surface area contributed by atoms with Gasteiger partial charge < -0.3 is 15.3 Å². The third-order valence-corrected chi connectivity index (χ3v) is 3.65. The molecule has 0 atom stereocenters. The number of aryl methyl sites for hydroxylation is 1. The van der Waals surface area contributed by atoms with Gasteiger partial charge in [0.1, 0.15) is 5.75 Å². The second kappa shape index (κ2) is 6.94. The van der Waals surface area contributed by atoms with Crippen molar-refractivity contribution in [2.24, 2.45) is 0 Å². The molecule has 0 heterocycles. The quantitative estimate of drug-likeness (QED) is 0.875. The van der Waals surface area contributed by atoms with Gasteiger partial charge in [-0.25, -0.2) is 0 Å². The molecule has 1 amide bonds. The number of amides is 1. The molecule has 0 radical (unpaired) electrons. The van der Waals surface area contributed by atoms with Gasteiger partial charge in [0.2, 0.25) is 5.91 Å². The van der Waals surface area contributed by atoms with Crippen molar-refractivity contribution in [3.63, 3.8) is 0 Å². The summed E-state index contributed by atoms with van der Waals surface area (Å²) in [6.07, 6.45) is 0.365. The van der Waals surface area contributed by atoms with Crippen LogP contribution in [0.2, 0.25) is 0 Å². The lowest BCUT2D eigenvalue weighted by atomic mass is 9.84. The van der Waals surface area contributed by atoms with Gasteiger partial charge in [-0.05, 0) is 36.1 Å². The largest absolute Gasteiger partial charge is 0.507 e. The molecule has 0 aliphatic rings. The average Bonchev–Trinajstić information content (AvgIpc) is 2.38. The standard InChI is InChI=1S/C17H28N2O2/c1-12-9-13(10-14(16(12)21)17(2,3)4)11-15(20)19(6)8-7-18-5/h9-10,18,21H,7-8,11H2,1-6H3. The lowest BCUT2D eigenvalue weighted by molar-refractivity contribution is -0.129. The van der Waals surface area contributed by atoms with E-state index in [2.05, 4.69) is 26.1 Å². The predicted molar refractivity (Wildman–Crippen MR) is 86.8 cm³/mol. The molecule has 0 aliphatic heterocycles. The Kier molecular flexibility index (Phi) is 5.78. The van der Waals surface area contributed by atoms with Crippen LogP contribution in [0.1, 0.15) is 37.5 Å². The maximum Gasteiger partial charge on any atom is 0.226 e. The Balaban J connectivity index is 2.95. The number of benzene rings is 1. The lowest BCUT2D eigenvalue weighted by Crippen LogP contribution is -2.33. The number of phenolic OH excluding ortho intramolecular Hbond substituents is 1. The molecule has 1 aromatic rings. The Morgan fingerprint density at radius 2 is 1.95 bits per heavy atom. The summed E-state index contributed by atoms with van der Waals surface area (Å²) in [6, 6.07) is 3.85. The second-order valence-electron chi connectivity index (χ2n) is 6.65. The van der Waals surface area contributed by atoms with Crippen LogP contribution in [0.3, 0.4) is 0 Å². The highest BCUT2D eigenvalue weighted by Gasteiger charge is 2.21. The molecule has 0 bridgehead atoms. The van der Waals surface area contributed by atoms with Gasteiger partial charge in [0, 0.05) is 20.1 Å². The zero-order valence-corrected chi connectivity index (χ0v) is 14.1. The number of hydrogen-bond acceptors (Lipinski definition) is 3. The van der Waals surface area contributed by atoms with Crippen molar-refractivity contribution >= 4 is 5.91 Å². The van der Waals surface area contributed by atoms with Crippen molar-refractivity contribution in [1.29, 1.82) is 0 Å². The van der Waals surface area contributed by atoms with Gasteiger partial charge in [-0.1, -0.05) is 32.9 Å². The van der Waals surface area contributed by atoms with Crippen LogP contribution in [-0.2, 0) is 16.6 Å². The number of likely N-dealkylation sites (N-methyl/N-ethyl adjacent to an activating group) is 2. The fourth-order valence-electron chi connectivity index (χ4n) is 2.24. The van der Waals surface area contributed by atoms with Gasteiger partial charge in [0.05, 0.1) is 6.42 Å². The Hall–Kier alpha value is -1.55. The van der Waals surface area contributed by atoms with Gasteiger partial charge in [-0.3, -0.25) is 4.79 Å². The van der Waals surface area contributed by atoms with Gasteiger partial charge in [-0.2, -0.15) is 0 Å². The zero-order chi connectivity index (χ0) is 16.2. The first-order valence-corrected chi connectivity index (χ1v) is 7.38. The fraction of sp³-hybridized carbons (Fsp3) is 0.588. The monoisotopic (exact) mass is 292 g/mol. The molecule has 118 valence electrons. The smallest absolute Gasteiger partial charge is 0.226 e. The molecule has 0 spiro atoms. The third kappa shape index (κ3) is 4.74. The van der Waals surface area contributed by atoms with E-state index in [0.717, 1.165) is 23.2 Å². The number of nitrogens with one attached hydrogen (secondary N) is 1. The number of hydrogen-bond donors (Lipinski definition) is 2. The zero-order valence-electron chi connectivity index (χ0n) is 14.1. The summed E-state index contributed by atoms with van der Waals surface area (Å²) in [5.41, 5.74) is 2.52. The van der Waals surface area contributed by atoms with E-state index < -0.39 is 0 Å². The Morgan fingerprint density at radius 3 is 2.48 bits per heavy atom. The minimum absolute atomic E-state index is 0.0928. The molecular formula is C17H28N2O2. The SMILES string of the molecule is CNCCN(C)C(=O)Cc1cc(C)c(O)c(C(C)(C)C)c1. The highest BCUT2D eigenvalue weighted by Crippen LogP contribution is 2.34. The molecule has 4 nitrogen and oxygen atoms in total. The number of carbonyl (C=O) groups excluding carboxylic acids is 1. The molecule has 21 heavy (non-hydrogen) atoms. The Labute approximate surface area is 128 Å². The number of rotatable bonds is 5. The van der Waals surface area contributed by atoms with Crippen molar-refractivity contribution in [3.8, 4) is 5.75 Å². The highest BCUT2D eigenvalue weighted by atomic mass is 16.3. The fourth-order valence-corrected chi connectivity index (χ4v) is 2.24. The summed E-state index contributed by atoms with van der Waals surface area (Å²) in [4.78, 5) is 13.9. The van der Waals surface area contributed by atoms with E-state index in [1.165, 1.54) is 0 Å². The summed E-state index contributed by atoms with van der Waals surface area (Å²) in [7, 11) is 3.69. The Bertz CT molecular complexity index is 504. The lowest BCUT2D eigenvalue weighted by Gasteiger charge is -2.23. The normalized spacial score (nSPS) is 11.5. The summed E-state index contributed by atoms with van der Waals surface area (Å²) in [5, 5.41) is 13.2. The van der Waals surface area contributed by atoms with Gasteiger partial charge in [0.25, 0.3) is 0 Å². The van der Waals surface area contributed by atoms with Crippen molar-refractivity contribution in [1.82, 2.24) is 10.2 Å². The van der Waals surface area contributed by atoms with Crippen molar-refractivity contribution in [2.45, 2.75) is 39.5 Å². The summed E-state index contributed by atoms with van der Waals surface area (Å²) in [5.74, 6) is 0.428. The summed E-state index contributed by atoms with van der Waals surface area (Å²) < 4.78 is 0. The molecular weight excluding hydrogens is 264 g/mol. The van der Waals surface area contributed by atoms with Crippen molar-refractivity contribution in [3.05, 3.63) is 28.8 Å². The van der Waals surface area contributed by atoms with E-state index in [0.29, 0.717) is 18.7 Å². The van der Waals surface area contributed by atoms with Gasteiger partial charge in [-0.15, -0.1) is 0 Å². The minimum atomic E-state index is -0.147. The molecule has 0 saturated carbocycles. The topological polar surface area (TPSA) is 52.6 Å². The molecule has 0 aromatic heterocycles. The van der Waals surface area contributed by atoms with Crippen LogP contribution in [0.15, 0.2) is 12.1 Å². The number of carbonyl (C=O) groups is 1. The van der Waals surface area contributed by atoms with Crippen LogP contribution in [0.5, 0.6) is 5.75 Å². The van der Waals surface area contributed by atoms with E-state index in [9.17, 15) is 9.90 Å². The molecule has 0 unspecified atom stereocenters. The van der Waals surface area contributed by atoms with Gasteiger partial charge in [0.15, 0.2) is 0 Å². The molecule has 2 N–H and O–H groups in total. The first kappa shape index (κ1) is 17.5. The number of aromatic hydroxyl groups is 1. The molecule has 0 fully saturated rings. The van der Waals surface area contributed by atoms with E-state index >= 15 is 0 Å². The highest BCUT2D eigenvalue weighted by molar-refractivity contribution is 5.78. The third-order valence-electron chi connectivity index (χ3n) is 3.65. The maximum atomic E-state index is 12.2. The second-order valence-corrected chi connectivity index (χ2v) is 6.65. The van der Waals surface area contributed by atoms with Crippen LogP contribution in [0.4, 0.5) is 0 Å². The molecule has 0 aliphatic carbocycles. The van der Waals surface area contributed by atoms with Crippen molar-refractivity contribution in [2.75, 3.05) is 27.2 Å². The van der Waals surface area contributed by atoms with Gasteiger partial charge >= 0.3 is 0 Å². The van der Waals surface area contributed by atoms with Crippen LogP contribution >= 0.6 is 0 Å². The van der Waals surface area contributed by atoms with E-state index in [4.69, 9.17) is 0 Å². The average molecular weight is 292 g/mol. The van der Waals surface area contributed by atoms with Crippen LogP contribution in [0.25, 0.3) is 0 Å². The predicted octanol–water partition coefficient (Wildman–Crippen LogP) is 2.22. The number of nitrogens with zero attached hydrogens (tertiary/aromatic N) is 1. The molecule has 1 rings (SSSR count). The molecule has 0 saturated heterocycles. The summed E-state index contributed by atoms with van der Waals surface area (Å²) >= 11 is 0. The van der Waals surface area contributed by atoms with E-state index in [1.807, 2.05) is 33.2 Å². The molecule has 1 aromatic carbocycles. The number of phenols is 1.